The molecule has 1 aromatic carbocycles. The van der Waals surface area contributed by atoms with Gasteiger partial charge in [0.1, 0.15) is 17.9 Å². The topological polar surface area (TPSA) is 82.7 Å². The number of carbonyl (C=O) groups is 1. The lowest BCUT2D eigenvalue weighted by Gasteiger charge is -2.22. The van der Waals surface area contributed by atoms with Gasteiger partial charge < -0.3 is 14.6 Å². The monoisotopic (exact) mass is 289 g/mol. The summed E-state index contributed by atoms with van der Waals surface area (Å²) in [5.41, 5.74) is 0.997. The van der Waals surface area contributed by atoms with Gasteiger partial charge in [-0.15, -0.1) is 0 Å². The van der Waals surface area contributed by atoms with Gasteiger partial charge in [0.25, 0.3) is 0 Å². The van der Waals surface area contributed by atoms with Crippen molar-refractivity contribution in [2.24, 2.45) is 0 Å². The molecular weight excluding hydrogens is 270 g/mol. The number of aliphatic hydroxyl groups is 1. The van der Waals surface area contributed by atoms with Crippen molar-refractivity contribution in [2.45, 2.75) is 31.5 Å². The summed E-state index contributed by atoms with van der Waals surface area (Å²) in [4.78, 5) is 11.4. The Balaban J connectivity index is 2.01. The van der Waals surface area contributed by atoms with Gasteiger partial charge in [-0.25, -0.2) is 0 Å². The van der Waals surface area contributed by atoms with E-state index >= 15 is 0 Å². The van der Waals surface area contributed by atoms with Crippen LogP contribution in [0.2, 0.25) is 0 Å². The van der Waals surface area contributed by atoms with Crippen LogP contribution >= 0.6 is 0 Å². The standard InChI is InChI=1S/C16H19NO4/c1-11(12-6-3-2-4-7-12)17-13(16(19)20)10-14(18)15-8-5-9-21-15/h2-9,11,13-14,17-18H,10H2,1H3,(H,19,20)/t11-,13-,14+/m0/s1. The van der Waals surface area contributed by atoms with Crippen LogP contribution in [0.1, 0.15) is 36.8 Å². The van der Waals surface area contributed by atoms with Crippen molar-refractivity contribution in [2.75, 3.05) is 0 Å². The molecule has 0 saturated carbocycles. The Morgan fingerprint density at radius 2 is 1.95 bits per heavy atom. The normalized spacial score (nSPS) is 15.3. The number of aliphatic hydroxyl groups excluding tert-OH is 1. The summed E-state index contributed by atoms with van der Waals surface area (Å²) in [5.74, 6) is -0.626. The summed E-state index contributed by atoms with van der Waals surface area (Å²) in [6, 6.07) is 11.9. The summed E-state index contributed by atoms with van der Waals surface area (Å²) in [6.07, 6.45) is 0.547. The fourth-order valence-electron chi connectivity index (χ4n) is 2.20. The van der Waals surface area contributed by atoms with E-state index in [0.29, 0.717) is 5.76 Å². The highest BCUT2D eigenvalue weighted by Gasteiger charge is 2.25. The highest BCUT2D eigenvalue weighted by atomic mass is 16.4. The van der Waals surface area contributed by atoms with E-state index in [-0.39, 0.29) is 12.5 Å². The molecule has 0 aliphatic rings. The summed E-state index contributed by atoms with van der Waals surface area (Å²) >= 11 is 0. The van der Waals surface area contributed by atoms with E-state index in [2.05, 4.69) is 5.32 Å². The first-order chi connectivity index (χ1) is 10.1. The second-order valence-electron chi connectivity index (χ2n) is 4.96. The first-order valence-electron chi connectivity index (χ1n) is 6.83. The molecule has 3 N–H and O–H groups in total. The van der Waals surface area contributed by atoms with Crippen LogP contribution in [0.4, 0.5) is 0 Å². The van der Waals surface area contributed by atoms with Gasteiger partial charge in [-0.3, -0.25) is 10.1 Å². The molecule has 2 aromatic rings. The molecule has 1 aromatic heterocycles. The number of furan rings is 1. The van der Waals surface area contributed by atoms with Crippen molar-refractivity contribution in [3.8, 4) is 0 Å². The predicted octanol–water partition coefficient (Wildman–Crippen LogP) is 2.51. The van der Waals surface area contributed by atoms with Crippen LogP contribution in [0, 0.1) is 0 Å². The lowest BCUT2D eigenvalue weighted by atomic mass is 10.0. The Labute approximate surface area is 123 Å². The van der Waals surface area contributed by atoms with Crippen LogP contribution < -0.4 is 5.32 Å². The van der Waals surface area contributed by atoms with Gasteiger partial charge in [-0.2, -0.15) is 0 Å². The highest BCUT2D eigenvalue weighted by Crippen LogP contribution is 2.21. The molecule has 0 spiro atoms. The van der Waals surface area contributed by atoms with E-state index in [1.54, 1.807) is 12.1 Å². The van der Waals surface area contributed by atoms with Crippen LogP contribution in [-0.4, -0.2) is 22.2 Å². The minimum Gasteiger partial charge on any atom is -0.480 e. The number of benzene rings is 1. The first-order valence-corrected chi connectivity index (χ1v) is 6.83. The Hall–Kier alpha value is -2.11. The predicted molar refractivity (Wildman–Crippen MR) is 77.7 cm³/mol. The molecule has 21 heavy (non-hydrogen) atoms. The summed E-state index contributed by atoms with van der Waals surface area (Å²) in [6.45, 7) is 1.89. The van der Waals surface area contributed by atoms with E-state index in [9.17, 15) is 15.0 Å². The van der Waals surface area contributed by atoms with Crippen molar-refractivity contribution in [3.05, 3.63) is 60.1 Å². The molecule has 0 aliphatic carbocycles. The van der Waals surface area contributed by atoms with Crippen LogP contribution in [0.15, 0.2) is 53.1 Å². The zero-order valence-corrected chi connectivity index (χ0v) is 11.8. The fraction of sp³-hybridized carbons (Fsp3) is 0.312. The zero-order valence-electron chi connectivity index (χ0n) is 11.8. The number of hydrogen-bond acceptors (Lipinski definition) is 4. The number of carboxylic acids is 1. The zero-order chi connectivity index (χ0) is 15.2. The molecular formula is C16H19NO4. The third kappa shape index (κ3) is 4.18. The van der Waals surface area contributed by atoms with E-state index in [0.717, 1.165) is 5.56 Å². The third-order valence-electron chi connectivity index (χ3n) is 3.38. The number of hydrogen-bond donors (Lipinski definition) is 3. The Morgan fingerprint density at radius 3 is 2.52 bits per heavy atom. The lowest BCUT2D eigenvalue weighted by Crippen LogP contribution is -2.39. The van der Waals surface area contributed by atoms with Gasteiger partial charge in [0.2, 0.25) is 0 Å². The lowest BCUT2D eigenvalue weighted by molar-refractivity contribution is -0.140. The molecule has 2 rings (SSSR count). The number of rotatable bonds is 7. The van der Waals surface area contributed by atoms with Gasteiger partial charge in [0.05, 0.1) is 6.26 Å². The minimum atomic E-state index is -0.997. The molecule has 112 valence electrons. The average molecular weight is 289 g/mol. The number of aliphatic carboxylic acids is 1. The van der Waals surface area contributed by atoms with Crippen molar-refractivity contribution in [1.29, 1.82) is 0 Å². The van der Waals surface area contributed by atoms with E-state index in [1.165, 1.54) is 6.26 Å². The average Bonchev–Trinajstić information content (AvgIpc) is 3.01. The van der Waals surface area contributed by atoms with Crippen molar-refractivity contribution in [1.82, 2.24) is 5.32 Å². The second-order valence-corrected chi connectivity index (χ2v) is 4.96. The second kappa shape index (κ2) is 7.06. The SMILES string of the molecule is C[C@H](N[C@@H](C[C@@H](O)c1ccco1)C(=O)O)c1ccccc1. The van der Waals surface area contributed by atoms with Crippen LogP contribution in [0.3, 0.4) is 0 Å². The van der Waals surface area contributed by atoms with Crippen LogP contribution in [-0.2, 0) is 4.79 Å². The minimum absolute atomic E-state index is 0.0417. The molecule has 5 nitrogen and oxygen atoms in total. The molecule has 0 bridgehead atoms. The molecule has 0 saturated heterocycles. The van der Waals surface area contributed by atoms with E-state index in [1.807, 2.05) is 37.3 Å². The van der Waals surface area contributed by atoms with Gasteiger partial charge in [0, 0.05) is 12.5 Å². The summed E-state index contributed by atoms with van der Waals surface area (Å²) in [7, 11) is 0. The Bertz CT molecular complexity index is 553. The molecule has 1 heterocycles. The molecule has 0 unspecified atom stereocenters. The molecule has 3 atom stereocenters. The van der Waals surface area contributed by atoms with E-state index in [4.69, 9.17) is 4.42 Å². The maximum absolute atomic E-state index is 11.4. The maximum Gasteiger partial charge on any atom is 0.320 e. The van der Waals surface area contributed by atoms with Gasteiger partial charge in [0.15, 0.2) is 0 Å². The van der Waals surface area contributed by atoms with E-state index < -0.39 is 18.1 Å². The van der Waals surface area contributed by atoms with Crippen LogP contribution in [0.25, 0.3) is 0 Å². The molecule has 0 radical (unpaired) electrons. The molecule has 0 fully saturated rings. The smallest absolute Gasteiger partial charge is 0.320 e. The van der Waals surface area contributed by atoms with Gasteiger partial charge in [-0.05, 0) is 24.6 Å². The Kier molecular flexibility index (Phi) is 5.14. The quantitative estimate of drug-likeness (QED) is 0.729. The van der Waals surface area contributed by atoms with Crippen molar-refractivity contribution in [3.63, 3.8) is 0 Å². The van der Waals surface area contributed by atoms with Gasteiger partial charge in [-0.1, -0.05) is 30.3 Å². The fourth-order valence-corrected chi connectivity index (χ4v) is 2.20. The Morgan fingerprint density at radius 1 is 1.24 bits per heavy atom. The maximum atomic E-state index is 11.4. The third-order valence-corrected chi connectivity index (χ3v) is 3.38. The molecule has 0 aliphatic heterocycles. The number of carboxylic acid groups (broad SMARTS) is 1. The molecule has 5 heteroatoms. The van der Waals surface area contributed by atoms with Crippen LogP contribution in [0.5, 0.6) is 0 Å². The summed E-state index contributed by atoms with van der Waals surface area (Å²) in [5, 5.41) is 22.4. The highest BCUT2D eigenvalue weighted by molar-refractivity contribution is 5.73. The molecule has 0 amide bonds. The van der Waals surface area contributed by atoms with Crippen molar-refractivity contribution < 1.29 is 19.4 Å². The largest absolute Gasteiger partial charge is 0.480 e. The summed E-state index contributed by atoms with van der Waals surface area (Å²) < 4.78 is 5.09. The first kappa shape index (κ1) is 15.3. The van der Waals surface area contributed by atoms with Gasteiger partial charge >= 0.3 is 5.97 Å². The number of nitrogens with one attached hydrogen (secondary N) is 1. The van der Waals surface area contributed by atoms with Crippen molar-refractivity contribution >= 4 is 5.97 Å².